The van der Waals surface area contributed by atoms with Gasteiger partial charge in [-0.05, 0) is 24.2 Å². The second kappa shape index (κ2) is 3.67. The second-order valence-corrected chi connectivity index (χ2v) is 3.94. The van der Waals surface area contributed by atoms with Crippen molar-refractivity contribution in [3.05, 3.63) is 35.1 Å². The molecule has 0 fully saturated rings. The molecule has 1 aliphatic rings. The Bertz CT molecular complexity index is 338. The average molecular weight is 194 g/mol. The molecule has 0 radical (unpaired) electrons. The summed E-state index contributed by atoms with van der Waals surface area (Å²) in [5, 5.41) is 0. The molecule has 0 amide bonds. The number of benzene rings is 1. The third-order valence-electron chi connectivity index (χ3n) is 2.81. The monoisotopic (exact) mass is 194 g/mol. The molecule has 3 heteroatoms. The van der Waals surface area contributed by atoms with Crippen LogP contribution in [0.15, 0.2) is 18.2 Å². The van der Waals surface area contributed by atoms with Crippen molar-refractivity contribution in [1.29, 1.82) is 0 Å². The van der Waals surface area contributed by atoms with Crippen molar-refractivity contribution in [2.24, 2.45) is 5.73 Å². The molecule has 0 spiro atoms. The Morgan fingerprint density at radius 3 is 3.07 bits per heavy atom. The maximum atomic E-state index is 13.6. The number of likely N-dealkylation sites (N-methyl/N-ethyl adjacent to an activating group) is 1. The van der Waals surface area contributed by atoms with Crippen LogP contribution in [0.3, 0.4) is 0 Å². The van der Waals surface area contributed by atoms with Crippen molar-refractivity contribution in [2.75, 3.05) is 20.1 Å². The van der Waals surface area contributed by atoms with Gasteiger partial charge in [-0.1, -0.05) is 12.1 Å². The molecule has 76 valence electrons. The molecular weight excluding hydrogens is 179 g/mol. The molecule has 0 aliphatic carbocycles. The number of nitrogens with two attached hydrogens (primary N) is 1. The molecule has 1 heterocycles. The molecule has 2 N–H and O–H groups in total. The van der Waals surface area contributed by atoms with Crippen molar-refractivity contribution in [3.63, 3.8) is 0 Å². The normalized spacial score (nSPS) is 22.1. The van der Waals surface area contributed by atoms with Gasteiger partial charge in [-0.25, -0.2) is 4.39 Å². The first-order chi connectivity index (χ1) is 6.72. The molecule has 0 bridgehead atoms. The van der Waals surface area contributed by atoms with E-state index in [1.54, 1.807) is 6.07 Å². The fourth-order valence-corrected chi connectivity index (χ4v) is 2.19. The zero-order chi connectivity index (χ0) is 10.1. The van der Waals surface area contributed by atoms with E-state index in [-0.39, 0.29) is 11.7 Å². The summed E-state index contributed by atoms with van der Waals surface area (Å²) in [7, 11) is 2.04. The third kappa shape index (κ3) is 1.53. The molecule has 1 unspecified atom stereocenters. The van der Waals surface area contributed by atoms with Gasteiger partial charge in [-0.15, -0.1) is 0 Å². The van der Waals surface area contributed by atoms with E-state index in [1.165, 1.54) is 6.07 Å². The van der Waals surface area contributed by atoms with E-state index in [0.717, 1.165) is 24.2 Å². The van der Waals surface area contributed by atoms with Crippen LogP contribution in [-0.2, 0) is 6.54 Å². The standard InChI is InChI=1S/C11H15FN2/c1-14-6-8-3-2-4-10(12)11(8)9(5-13)7-14/h2-4,9H,5-7,13H2,1H3. The Kier molecular flexibility index (Phi) is 2.52. The number of hydrogen-bond acceptors (Lipinski definition) is 2. The Morgan fingerprint density at radius 1 is 1.57 bits per heavy atom. The molecule has 0 saturated carbocycles. The van der Waals surface area contributed by atoms with Crippen LogP contribution in [0.1, 0.15) is 17.0 Å². The Labute approximate surface area is 83.5 Å². The van der Waals surface area contributed by atoms with Gasteiger partial charge in [0, 0.05) is 25.6 Å². The minimum absolute atomic E-state index is 0.106. The van der Waals surface area contributed by atoms with E-state index >= 15 is 0 Å². The van der Waals surface area contributed by atoms with Crippen molar-refractivity contribution < 1.29 is 4.39 Å². The van der Waals surface area contributed by atoms with E-state index in [9.17, 15) is 4.39 Å². The van der Waals surface area contributed by atoms with Crippen LogP contribution >= 0.6 is 0 Å². The molecule has 2 nitrogen and oxygen atoms in total. The molecule has 1 aromatic rings. The number of halogens is 1. The molecule has 1 aliphatic heterocycles. The number of fused-ring (bicyclic) bond motifs is 1. The maximum Gasteiger partial charge on any atom is 0.127 e. The largest absolute Gasteiger partial charge is 0.330 e. The van der Waals surface area contributed by atoms with Gasteiger partial charge in [0.2, 0.25) is 0 Å². The molecule has 0 saturated heterocycles. The van der Waals surface area contributed by atoms with Gasteiger partial charge >= 0.3 is 0 Å². The van der Waals surface area contributed by atoms with Crippen LogP contribution in [0.25, 0.3) is 0 Å². The first-order valence-electron chi connectivity index (χ1n) is 4.88. The predicted octanol–water partition coefficient (Wildman–Crippen LogP) is 1.31. The first kappa shape index (κ1) is 9.62. The van der Waals surface area contributed by atoms with Gasteiger partial charge in [0.25, 0.3) is 0 Å². The summed E-state index contributed by atoms with van der Waals surface area (Å²) in [4.78, 5) is 2.18. The second-order valence-electron chi connectivity index (χ2n) is 3.94. The quantitative estimate of drug-likeness (QED) is 0.730. The lowest BCUT2D eigenvalue weighted by Gasteiger charge is -2.31. The summed E-state index contributed by atoms with van der Waals surface area (Å²) in [6, 6.07) is 5.27. The zero-order valence-corrected chi connectivity index (χ0v) is 8.33. The van der Waals surface area contributed by atoms with Crippen molar-refractivity contribution in [3.8, 4) is 0 Å². The predicted molar refractivity (Wildman–Crippen MR) is 54.5 cm³/mol. The number of hydrogen-bond donors (Lipinski definition) is 1. The van der Waals surface area contributed by atoms with Gasteiger partial charge in [0.1, 0.15) is 5.82 Å². The van der Waals surface area contributed by atoms with Crippen molar-refractivity contribution >= 4 is 0 Å². The SMILES string of the molecule is CN1Cc2cccc(F)c2C(CN)C1. The van der Waals surface area contributed by atoms with Crippen molar-refractivity contribution in [2.45, 2.75) is 12.5 Å². The lowest BCUT2D eigenvalue weighted by atomic mass is 9.89. The molecular formula is C11H15FN2. The van der Waals surface area contributed by atoms with E-state index in [1.807, 2.05) is 13.1 Å². The van der Waals surface area contributed by atoms with Crippen LogP contribution in [-0.4, -0.2) is 25.0 Å². The topological polar surface area (TPSA) is 29.3 Å². The highest BCUT2D eigenvalue weighted by Crippen LogP contribution is 2.28. The molecule has 1 atom stereocenters. The van der Waals surface area contributed by atoms with Gasteiger partial charge in [0.05, 0.1) is 0 Å². The Hall–Kier alpha value is -0.930. The van der Waals surface area contributed by atoms with E-state index in [2.05, 4.69) is 4.90 Å². The highest BCUT2D eigenvalue weighted by molar-refractivity contribution is 5.34. The highest BCUT2D eigenvalue weighted by atomic mass is 19.1. The minimum atomic E-state index is -0.106. The van der Waals surface area contributed by atoms with Crippen LogP contribution in [0.2, 0.25) is 0 Å². The minimum Gasteiger partial charge on any atom is -0.330 e. The lowest BCUT2D eigenvalue weighted by Crippen LogP contribution is -2.34. The van der Waals surface area contributed by atoms with Crippen molar-refractivity contribution in [1.82, 2.24) is 4.90 Å². The van der Waals surface area contributed by atoms with Crippen LogP contribution in [0, 0.1) is 5.82 Å². The Balaban J connectivity index is 2.46. The lowest BCUT2D eigenvalue weighted by molar-refractivity contribution is 0.278. The smallest absolute Gasteiger partial charge is 0.127 e. The fraction of sp³-hybridized carbons (Fsp3) is 0.455. The fourth-order valence-electron chi connectivity index (χ4n) is 2.19. The van der Waals surface area contributed by atoms with Gasteiger partial charge in [0.15, 0.2) is 0 Å². The Morgan fingerprint density at radius 2 is 2.36 bits per heavy atom. The summed E-state index contributed by atoms with van der Waals surface area (Å²) in [6.07, 6.45) is 0. The average Bonchev–Trinajstić information content (AvgIpc) is 2.16. The molecule has 1 aromatic carbocycles. The van der Waals surface area contributed by atoms with E-state index in [4.69, 9.17) is 5.73 Å². The maximum absolute atomic E-state index is 13.6. The molecule has 2 rings (SSSR count). The van der Waals surface area contributed by atoms with E-state index < -0.39 is 0 Å². The van der Waals surface area contributed by atoms with Gasteiger partial charge in [-0.3, -0.25) is 0 Å². The van der Waals surface area contributed by atoms with Gasteiger partial charge < -0.3 is 10.6 Å². The van der Waals surface area contributed by atoms with Gasteiger partial charge in [-0.2, -0.15) is 0 Å². The summed E-state index contributed by atoms with van der Waals surface area (Å²) in [5.41, 5.74) is 7.56. The summed E-state index contributed by atoms with van der Waals surface area (Å²) >= 11 is 0. The van der Waals surface area contributed by atoms with Crippen LogP contribution in [0.5, 0.6) is 0 Å². The summed E-state index contributed by atoms with van der Waals surface area (Å²) in [6.45, 7) is 2.19. The van der Waals surface area contributed by atoms with Crippen LogP contribution in [0.4, 0.5) is 4.39 Å². The molecule has 14 heavy (non-hydrogen) atoms. The third-order valence-corrected chi connectivity index (χ3v) is 2.81. The summed E-state index contributed by atoms with van der Waals surface area (Å²) in [5.74, 6) is 0.0380. The summed E-state index contributed by atoms with van der Waals surface area (Å²) < 4.78 is 13.6. The zero-order valence-electron chi connectivity index (χ0n) is 8.33. The highest BCUT2D eigenvalue weighted by Gasteiger charge is 2.24. The van der Waals surface area contributed by atoms with Crippen LogP contribution < -0.4 is 5.73 Å². The van der Waals surface area contributed by atoms with E-state index in [0.29, 0.717) is 6.54 Å². The molecule has 0 aromatic heterocycles. The first-order valence-corrected chi connectivity index (χ1v) is 4.88. The number of nitrogens with zero attached hydrogens (tertiary/aromatic N) is 1. The number of rotatable bonds is 1.